The molecule has 23 heavy (non-hydrogen) atoms. The molecular formula is C15H15ClN4O3. The monoisotopic (exact) mass is 334 g/mol. The van der Waals surface area contributed by atoms with E-state index in [-0.39, 0.29) is 6.04 Å². The average Bonchev–Trinajstić information content (AvgIpc) is 3.01. The lowest BCUT2D eigenvalue weighted by Gasteiger charge is -2.35. The highest BCUT2D eigenvalue weighted by Gasteiger charge is 2.34. The summed E-state index contributed by atoms with van der Waals surface area (Å²) in [7, 11) is 0. The summed E-state index contributed by atoms with van der Waals surface area (Å²) in [5.74, 6) is -1.08. The molecule has 0 aliphatic carbocycles. The Labute approximate surface area is 137 Å². The zero-order valence-electron chi connectivity index (χ0n) is 12.1. The van der Waals surface area contributed by atoms with Crippen molar-refractivity contribution in [2.24, 2.45) is 0 Å². The quantitative estimate of drug-likeness (QED) is 0.797. The number of halogens is 1. The van der Waals surface area contributed by atoms with Crippen molar-refractivity contribution < 1.29 is 14.7 Å². The molecule has 2 amide bonds. The Morgan fingerprint density at radius 3 is 2.83 bits per heavy atom. The van der Waals surface area contributed by atoms with Crippen molar-refractivity contribution in [3.63, 3.8) is 0 Å². The minimum absolute atomic E-state index is 0.379. The van der Waals surface area contributed by atoms with Crippen LogP contribution in [0.2, 0.25) is 5.02 Å². The Morgan fingerprint density at radius 2 is 2.13 bits per heavy atom. The van der Waals surface area contributed by atoms with E-state index in [1.807, 2.05) is 12.1 Å². The number of hydrogen-bond donors (Lipinski definition) is 3. The lowest BCUT2D eigenvalue weighted by Crippen LogP contribution is -2.47. The van der Waals surface area contributed by atoms with E-state index in [2.05, 4.69) is 15.3 Å². The van der Waals surface area contributed by atoms with E-state index < -0.39 is 18.5 Å². The fourth-order valence-electron chi connectivity index (χ4n) is 2.73. The summed E-state index contributed by atoms with van der Waals surface area (Å²) in [4.78, 5) is 32.1. The molecule has 0 bridgehead atoms. The third-order valence-corrected chi connectivity index (χ3v) is 4.01. The van der Waals surface area contributed by atoms with Crippen molar-refractivity contribution in [1.29, 1.82) is 0 Å². The fourth-order valence-corrected chi connectivity index (χ4v) is 2.86. The van der Waals surface area contributed by atoms with Gasteiger partial charge in [0.25, 0.3) is 0 Å². The first-order valence-corrected chi connectivity index (χ1v) is 7.48. The third-order valence-electron chi connectivity index (χ3n) is 3.76. The van der Waals surface area contributed by atoms with Gasteiger partial charge in [0.2, 0.25) is 0 Å². The number of fused-ring (bicyclic) bond motifs is 1. The summed E-state index contributed by atoms with van der Waals surface area (Å²) >= 11 is 5.93. The predicted molar refractivity (Wildman–Crippen MR) is 83.3 cm³/mol. The van der Waals surface area contributed by atoms with E-state index in [4.69, 9.17) is 16.7 Å². The second-order valence-corrected chi connectivity index (χ2v) is 5.65. The molecule has 1 aromatic heterocycles. The van der Waals surface area contributed by atoms with Crippen LogP contribution in [0.4, 0.5) is 4.79 Å². The van der Waals surface area contributed by atoms with Crippen LogP contribution in [0.3, 0.4) is 0 Å². The lowest BCUT2D eigenvalue weighted by atomic mass is 9.96. The van der Waals surface area contributed by atoms with Crippen LogP contribution in [0.5, 0.6) is 0 Å². The first-order chi connectivity index (χ1) is 11.1. The predicted octanol–water partition coefficient (Wildman–Crippen LogP) is 1.80. The van der Waals surface area contributed by atoms with Crippen molar-refractivity contribution in [2.45, 2.75) is 12.5 Å². The molecule has 2 heterocycles. The molecule has 0 saturated carbocycles. The van der Waals surface area contributed by atoms with Crippen LogP contribution in [-0.2, 0) is 11.2 Å². The van der Waals surface area contributed by atoms with Crippen molar-refractivity contribution in [3.8, 4) is 0 Å². The van der Waals surface area contributed by atoms with Crippen molar-refractivity contribution in [1.82, 2.24) is 20.2 Å². The zero-order chi connectivity index (χ0) is 16.4. The number of carbonyl (C=O) groups is 2. The number of urea groups is 1. The van der Waals surface area contributed by atoms with E-state index in [9.17, 15) is 9.59 Å². The summed E-state index contributed by atoms with van der Waals surface area (Å²) in [6.07, 6.45) is 2.24. The van der Waals surface area contributed by atoms with Crippen LogP contribution < -0.4 is 5.32 Å². The van der Waals surface area contributed by atoms with Gasteiger partial charge in [0.15, 0.2) is 0 Å². The number of aromatic amines is 1. The minimum Gasteiger partial charge on any atom is -0.480 e. The molecule has 0 spiro atoms. The van der Waals surface area contributed by atoms with Gasteiger partial charge in [-0.05, 0) is 17.7 Å². The second kappa shape index (κ2) is 6.29. The summed E-state index contributed by atoms with van der Waals surface area (Å²) in [5, 5.41) is 11.7. The third kappa shape index (κ3) is 3.14. The summed E-state index contributed by atoms with van der Waals surface area (Å²) < 4.78 is 0. The maximum absolute atomic E-state index is 12.4. The number of amides is 2. The second-order valence-electron chi connectivity index (χ2n) is 5.22. The number of imidazole rings is 1. The van der Waals surface area contributed by atoms with E-state index in [1.165, 1.54) is 0 Å². The number of carboxylic acids is 1. The molecule has 120 valence electrons. The van der Waals surface area contributed by atoms with Gasteiger partial charge in [0.05, 0.1) is 12.0 Å². The van der Waals surface area contributed by atoms with Gasteiger partial charge in [0, 0.05) is 23.7 Å². The SMILES string of the molecule is O=C(O)CNC(=O)N1CCc2[nH]cnc2[C@H]1c1ccc(Cl)cc1. The molecule has 0 radical (unpaired) electrons. The number of nitrogens with zero attached hydrogens (tertiary/aromatic N) is 2. The molecule has 1 aliphatic rings. The number of nitrogens with one attached hydrogen (secondary N) is 2. The number of rotatable bonds is 3. The number of hydrogen-bond acceptors (Lipinski definition) is 3. The molecule has 0 unspecified atom stereocenters. The van der Waals surface area contributed by atoms with Crippen LogP contribution >= 0.6 is 11.6 Å². The maximum atomic E-state index is 12.4. The molecule has 8 heteroatoms. The van der Waals surface area contributed by atoms with E-state index in [0.717, 1.165) is 17.0 Å². The number of aliphatic carboxylic acids is 1. The van der Waals surface area contributed by atoms with Crippen LogP contribution in [0.1, 0.15) is 23.0 Å². The van der Waals surface area contributed by atoms with Gasteiger partial charge < -0.3 is 20.3 Å². The van der Waals surface area contributed by atoms with Crippen LogP contribution in [0, 0.1) is 0 Å². The number of carboxylic acid groups (broad SMARTS) is 1. The molecule has 3 N–H and O–H groups in total. The van der Waals surface area contributed by atoms with Crippen LogP contribution in [0.15, 0.2) is 30.6 Å². The van der Waals surface area contributed by atoms with E-state index >= 15 is 0 Å². The zero-order valence-corrected chi connectivity index (χ0v) is 12.9. The maximum Gasteiger partial charge on any atom is 0.323 e. The van der Waals surface area contributed by atoms with Crippen LogP contribution in [-0.4, -0.2) is 45.1 Å². The number of aromatic nitrogens is 2. The molecule has 2 aromatic rings. The minimum atomic E-state index is -1.08. The number of benzene rings is 1. The fraction of sp³-hybridized carbons (Fsp3) is 0.267. The lowest BCUT2D eigenvalue weighted by molar-refractivity contribution is -0.135. The van der Waals surface area contributed by atoms with Crippen molar-refractivity contribution in [2.75, 3.05) is 13.1 Å². The van der Waals surface area contributed by atoms with E-state index in [0.29, 0.717) is 18.0 Å². The van der Waals surface area contributed by atoms with E-state index in [1.54, 1.807) is 23.4 Å². The Balaban J connectivity index is 1.93. The molecule has 0 saturated heterocycles. The van der Waals surface area contributed by atoms with Gasteiger partial charge in [-0.1, -0.05) is 23.7 Å². The Hall–Kier alpha value is -2.54. The molecule has 3 rings (SSSR count). The van der Waals surface area contributed by atoms with Crippen molar-refractivity contribution >= 4 is 23.6 Å². The van der Waals surface area contributed by atoms with Crippen LogP contribution in [0.25, 0.3) is 0 Å². The van der Waals surface area contributed by atoms with Gasteiger partial charge in [-0.3, -0.25) is 4.79 Å². The van der Waals surface area contributed by atoms with Gasteiger partial charge in [0.1, 0.15) is 12.6 Å². The molecule has 1 aliphatic heterocycles. The summed E-state index contributed by atoms with van der Waals surface area (Å²) in [6, 6.07) is 6.39. The Morgan fingerprint density at radius 1 is 1.39 bits per heavy atom. The highest BCUT2D eigenvalue weighted by atomic mass is 35.5. The highest BCUT2D eigenvalue weighted by molar-refractivity contribution is 6.30. The Bertz CT molecular complexity index is 729. The van der Waals surface area contributed by atoms with Gasteiger partial charge in [-0.15, -0.1) is 0 Å². The first kappa shape index (κ1) is 15.4. The van der Waals surface area contributed by atoms with Gasteiger partial charge in [-0.2, -0.15) is 0 Å². The largest absolute Gasteiger partial charge is 0.480 e. The smallest absolute Gasteiger partial charge is 0.323 e. The molecule has 7 nitrogen and oxygen atoms in total. The van der Waals surface area contributed by atoms with Crippen molar-refractivity contribution in [3.05, 3.63) is 52.6 Å². The number of H-pyrrole nitrogens is 1. The topological polar surface area (TPSA) is 98.3 Å². The normalized spacial score (nSPS) is 16.7. The van der Waals surface area contributed by atoms with Gasteiger partial charge in [-0.25, -0.2) is 9.78 Å². The van der Waals surface area contributed by atoms with Gasteiger partial charge >= 0.3 is 12.0 Å². The molecule has 1 atom stereocenters. The summed E-state index contributed by atoms with van der Waals surface area (Å²) in [5.41, 5.74) is 2.62. The molecule has 1 aromatic carbocycles. The summed E-state index contributed by atoms with van der Waals surface area (Å²) in [6.45, 7) is 0.0457. The molecular weight excluding hydrogens is 320 g/mol. The molecule has 0 fully saturated rings. The average molecular weight is 335 g/mol. The number of carbonyl (C=O) groups excluding carboxylic acids is 1. The standard InChI is InChI=1S/C15H15ClN4O3/c16-10-3-1-9(2-4-10)14-13-11(18-8-19-13)5-6-20(14)15(23)17-7-12(21)22/h1-4,8,14H,5-7H2,(H,17,23)(H,18,19)(H,21,22)/t14-/m1/s1. The Kier molecular flexibility index (Phi) is 4.20. The first-order valence-electron chi connectivity index (χ1n) is 7.10. The highest BCUT2D eigenvalue weighted by Crippen LogP contribution is 2.33.